The lowest BCUT2D eigenvalue weighted by atomic mass is 10.2. The standard InChI is InChI=1S/C12H17FN2O2S.ClH/c1-9-7-15(8-10(2)14-9)18(16,17)12-5-3-4-11(13)6-12;/h3-6,9-10,14H,7-8H2,1-2H3;1H. The van der Waals surface area contributed by atoms with Crippen LogP contribution in [-0.2, 0) is 10.0 Å². The zero-order chi connectivity index (χ0) is 13.3. The molecule has 0 aromatic heterocycles. The molecule has 0 spiro atoms. The van der Waals surface area contributed by atoms with Crippen molar-refractivity contribution in [1.29, 1.82) is 0 Å². The van der Waals surface area contributed by atoms with Gasteiger partial charge in [-0.2, -0.15) is 4.31 Å². The Morgan fingerprint density at radius 1 is 1.26 bits per heavy atom. The molecule has 7 heteroatoms. The number of benzene rings is 1. The Morgan fingerprint density at radius 3 is 2.37 bits per heavy atom. The van der Waals surface area contributed by atoms with Gasteiger partial charge in [-0.3, -0.25) is 0 Å². The number of nitrogens with zero attached hydrogens (tertiary/aromatic N) is 1. The van der Waals surface area contributed by atoms with Crippen molar-refractivity contribution in [2.45, 2.75) is 30.8 Å². The predicted molar refractivity (Wildman–Crippen MR) is 74.5 cm³/mol. The van der Waals surface area contributed by atoms with Crippen LogP contribution in [0, 0.1) is 5.82 Å². The van der Waals surface area contributed by atoms with Crippen LogP contribution < -0.4 is 5.32 Å². The Hall–Kier alpha value is -0.690. The van der Waals surface area contributed by atoms with Crippen molar-refractivity contribution in [1.82, 2.24) is 9.62 Å². The van der Waals surface area contributed by atoms with Crippen LogP contribution in [-0.4, -0.2) is 37.9 Å². The minimum Gasteiger partial charge on any atom is -0.309 e. The number of rotatable bonds is 2. The number of halogens is 2. The Balaban J connectivity index is 0.00000180. The molecule has 1 aromatic rings. The maximum atomic E-state index is 13.1. The molecule has 0 aliphatic carbocycles. The van der Waals surface area contributed by atoms with Crippen LogP contribution in [0.3, 0.4) is 0 Å². The van der Waals surface area contributed by atoms with Crippen molar-refractivity contribution in [3.8, 4) is 0 Å². The average Bonchev–Trinajstić information content (AvgIpc) is 2.27. The van der Waals surface area contributed by atoms with E-state index in [1.807, 2.05) is 13.8 Å². The lowest BCUT2D eigenvalue weighted by Gasteiger charge is -2.35. The van der Waals surface area contributed by atoms with E-state index < -0.39 is 15.8 Å². The van der Waals surface area contributed by atoms with Gasteiger partial charge < -0.3 is 5.32 Å². The third kappa shape index (κ3) is 3.66. The second kappa shape index (κ2) is 6.17. The summed E-state index contributed by atoms with van der Waals surface area (Å²) in [4.78, 5) is 0.0174. The number of sulfonamides is 1. The number of piperazine rings is 1. The molecule has 108 valence electrons. The molecule has 1 N–H and O–H groups in total. The molecule has 1 aromatic carbocycles. The fraction of sp³-hybridized carbons (Fsp3) is 0.500. The van der Waals surface area contributed by atoms with E-state index >= 15 is 0 Å². The van der Waals surface area contributed by atoms with E-state index in [4.69, 9.17) is 0 Å². The lowest BCUT2D eigenvalue weighted by molar-refractivity contribution is 0.263. The second-order valence-corrected chi connectivity index (χ2v) is 6.69. The first-order valence-corrected chi connectivity index (χ1v) is 7.35. The maximum Gasteiger partial charge on any atom is 0.243 e. The normalized spacial score (nSPS) is 24.8. The quantitative estimate of drug-likeness (QED) is 0.903. The molecule has 1 fully saturated rings. The molecule has 0 amide bonds. The summed E-state index contributed by atoms with van der Waals surface area (Å²) in [5, 5.41) is 3.26. The van der Waals surface area contributed by atoms with E-state index in [9.17, 15) is 12.8 Å². The van der Waals surface area contributed by atoms with Gasteiger partial charge in [-0.05, 0) is 32.0 Å². The van der Waals surface area contributed by atoms with Crippen molar-refractivity contribution in [3.63, 3.8) is 0 Å². The molecule has 1 aliphatic rings. The summed E-state index contributed by atoms with van der Waals surface area (Å²) in [6.45, 7) is 4.68. The summed E-state index contributed by atoms with van der Waals surface area (Å²) >= 11 is 0. The maximum absolute atomic E-state index is 13.1. The van der Waals surface area contributed by atoms with Gasteiger partial charge in [-0.25, -0.2) is 12.8 Å². The molecule has 1 heterocycles. The monoisotopic (exact) mass is 308 g/mol. The minimum atomic E-state index is -3.60. The van der Waals surface area contributed by atoms with Crippen LogP contribution in [0.15, 0.2) is 29.2 Å². The molecule has 1 aliphatic heterocycles. The molecular weight excluding hydrogens is 291 g/mol. The molecule has 4 nitrogen and oxygen atoms in total. The highest BCUT2D eigenvalue weighted by Crippen LogP contribution is 2.19. The van der Waals surface area contributed by atoms with Gasteiger partial charge in [0.1, 0.15) is 5.82 Å². The summed E-state index contributed by atoms with van der Waals surface area (Å²) in [6.07, 6.45) is 0. The first-order chi connectivity index (χ1) is 8.39. The molecule has 2 rings (SSSR count). The van der Waals surface area contributed by atoms with Crippen LogP contribution in [0.1, 0.15) is 13.8 Å². The Kier molecular flexibility index (Phi) is 5.32. The highest BCUT2D eigenvalue weighted by Gasteiger charge is 2.31. The Labute approximate surface area is 119 Å². The van der Waals surface area contributed by atoms with E-state index in [-0.39, 0.29) is 29.4 Å². The second-order valence-electron chi connectivity index (χ2n) is 4.75. The number of nitrogens with one attached hydrogen (secondary N) is 1. The molecule has 0 bridgehead atoms. The van der Waals surface area contributed by atoms with E-state index in [2.05, 4.69) is 5.32 Å². The van der Waals surface area contributed by atoms with Gasteiger partial charge in [0.05, 0.1) is 4.90 Å². The van der Waals surface area contributed by atoms with E-state index in [1.165, 1.54) is 22.5 Å². The summed E-state index contributed by atoms with van der Waals surface area (Å²) in [6, 6.07) is 5.33. The molecule has 1 saturated heterocycles. The highest BCUT2D eigenvalue weighted by molar-refractivity contribution is 7.89. The first kappa shape index (κ1) is 16.4. The van der Waals surface area contributed by atoms with E-state index in [0.29, 0.717) is 13.1 Å². The molecule has 0 radical (unpaired) electrons. The summed E-state index contributed by atoms with van der Waals surface area (Å²) in [7, 11) is -3.60. The van der Waals surface area contributed by atoms with Crippen LogP contribution in [0.2, 0.25) is 0 Å². The van der Waals surface area contributed by atoms with Gasteiger partial charge in [-0.15, -0.1) is 12.4 Å². The predicted octanol–water partition coefficient (Wildman–Crippen LogP) is 1.62. The van der Waals surface area contributed by atoms with Gasteiger partial charge >= 0.3 is 0 Å². The zero-order valence-corrected chi connectivity index (χ0v) is 12.5. The van der Waals surface area contributed by atoms with Gasteiger partial charge in [-0.1, -0.05) is 6.07 Å². The van der Waals surface area contributed by atoms with Crippen LogP contribution in [0.5, 0.6) is 0 Å². The first-order valence-electron chi connectivity index (χ1n) is 5.91. The van der Waals surface area contributed by atoms with Gasteiger partial charge in [0.15, 0.2) is 0 Å². The third-order valence-electron chi connectivity index (χ3n) is 2.96. The molecule has 0 saturated carbocycles. The topological polar surface area (TPSA) is 49.4 Å². The fourth-order valence-electron chi connectivity index (χ4n) is 2.25. The average molecular weight is 309 g/mol. The molecule has 19 heavy (non-hydrogen) atoms. The van der Waals surface area contributed by atoms with Crippen molar-refractivity contribution in [2.24, 2.45) is 0 Å². The molecule has 2 atom stereocenters. The summed E-state index contributed by atoms with van der Waals surface area (Å²) in [5.74, 6) is -0.535. The van der Waals surface area contributed by atoms with E-state index in [1.54, 1.807) is 0 Å². The van der Waals surface area contributed by atoms with Gasteiger partial charge in [0.25, 0.3) is 0 Å². The fourth-order valence-corrected chi connectivity index (χ4v) is 3.90. The zero-order valence-electron chi connectivity index (χ0n) is 10.8. The minimum absolute atomic E-state index is 0. The van der Waals surface area contributed by atoms with Crippen molar-refractivity contribution in [3.05, 3.63) is 30.1 Å². The van der Waals surface area contributed by atoms with Crippen LogP contribution >= 0.6 is 12.4 Å². The van der Waals surface area contributed by atoms with Crippen molar-refractivity contribution >= 4 is 22.4 Å². The largest absolute Gasteiger partial charge is 0.309 e. The van der Waals surface area contributed by atoms with E-state index in [0.717, 1.165) is 6.07 Å². The molecular formula is C12H18ClFN2O2S. The summed E-state index contributed by atoms with van der Waals surface area (Å²) < 4.78 is 39.3. The highest BCUT2D eigenvalue weighted by atomic mass is 35.5. The Morgan fingerprint density at radius 2 is 1.84 bits per heavy atom. The smallest absolute Gasteiger partial charge is 0.243 e. The molecule has 2 unspecified atom stereocenters. The summed E-state index contributed by atoms with van der Waals surface area (Å²) in [5.41, 5.74) is 0. The number of hydrogen-bond donors (Lipinski definition) is 1. The third-order valence-corrected chi connectivity index (χ3v) is 4.79. The van der Waals surface area contributed by atoms with Crippen LogP contribution in [0.4, 0.5) is 4.39 Å². The van der Waals surface area contributed by atoms with Gasteiger partial charge in [0, 0.05) is 25.2 Å². The Bertz CT molecular complexity index is 528. The van der Waals surface area contributed by atoms with Gasteiger partial charge in [0.2, 0.25) is 10.0 Å². The van der Waals surface area contributed by atoms with Crippen LogP contribution in [0.25, 0.3) is 0 Å². The van der Waals surface area contributed by atoms with Crippen molar-refractivity contribution in [2.75, 3.05) is 13.1 Å². The lowest BCUT2D eigenvalue weighted by Crippen LogP contribution is -2.55. The van der Waals surface area contributed by atoms with Crippen molar-refractivity contribution < 1.29 is 12.8 Å². The number of hydrogen-bond acceptors (Lipinski definition) is 3. The SMILES string of the molecule is CC1CN(S(=O)(=O)c2cccc(F)c2)CC(C)N1.Cl.